The average molecular weight is 176 g/mol. The van der Waals surface area contributed by atoms with Crippen LogP contribution in [0.5, 0.6) is 0 Å². The van der Waals surface area contributed by atoms with Crippen LogP contribution in [0.1, 0.15) is 6.92 Å². The molecule has 1 atom stereocenters. The van der Waals surface area contributed by atoms with Gasteiger partial charge in [-0.05, 0) is 0 Å². The van der Waals surface area contributed by atoms with Gasteiger partial charge in [0.2, 0.25) is 0 Å². The van der Waals surface area contributed by atoms with Gasteiger partial charge in [0, 0.05) is 0 Å². The van der Waals surface area contributed by atoms with Gasteiger partial charge in [0.25, 0.3) is 0 Å². The van der Waals surface area contributed by atoms with E-state index in [-0.39, 0.29) is 13.5 Å². The Kier molecular flexibility index (Phi) is 4.92. The molecule has 0 spiro atoms. The first kappa shape index (κ1) is 10.5. The Morgan fingerprint density at radius 3 is 2.64 bits per heavy atom. The monoisotopic (exact) mass is 176 g/mol. The molecule has 0 saturated heterocycles. The van der Waals surface area contributed by atoms with E-state index in [0.29, 0.717) is 0 Å². The molecule has 11 heavy (non-hydrogen) atoms. The zero-order valence-electron chi connectivity index (χ0n) is 5.98. The van der Waals surface area contributed by atoms with E-state index in [1.807, 2.05) is 0 Å². The number of rotatable bonds is 2. The van der Waals surface area contributed by atoms with Crippen LogP contribution >= 0.6 is 7.92 Å². The SMILES string of the molecule is CC(C#P=O)=C(O)C(O)CO. The summed E-state index contributed by atoms with van der Waals surface area (Å²) in [6.07, 6.45) is -1.32. The van der Waals surface area contributed by atoms with E-state index in [2.05, 4.69) is 5.63 Å². The second-order valence-corrected chi connectivity index (χ2v) is 2.32. The maximum absolute atomic E-state index is 9.93. The first-order valence-electron chi connectivity index (χ1n) is 2.90. The van der Waals surface area contributed by atoms with Gasteiger partial charge >= 0.3 is 64.4 Å². The van der Waals surface area contributed by atoms with Crippen LogP contribution in [-0.4, -0.2) is 28.0 Å². The van der Waals surface area contributed by atoms with E-state index >= 15 is 0 Å². The Hall–Kier alpha value is -0.530. The number of hydrogen-bond donors (Lipinski definition) is 3. The summed E-state index contributed by atoms with van der Waals surface area (Å²) in [7, 11) is -0.365. The molecular formula is C6H9O4P. The molecule has 0 rings (SSSR count). The number of aliphatic hydroxyl groups is 3. The van der Waals surface area contributed by atoms with E-state index in [9.17, 15) is 4.57 Å². The molecule has 0 saturated carbocycles. The van der Waals surface area contributed by atoms with Crippen LogP contribution in [-0.2, 0) is 4.57 Å². The quantitative estimate of drug-likeness (QED) is 0.421. The number of allylic oxidation sites excluding steroid dienone is 1. The molecular weight excluding hydrogens is 167 g/mol. The predicted molar refractivity (Wildman–Crippen MR) is 39.9 cm³/mol. The molecule has 5 heteroatoms. The molecule has 0 heterocycles. The minimum atomic E-state index is -1.32. The molecule has 0 aliphatic heterocycles. The molecule has 0 aromatic heterocycles. The third kappa shape index (κ3) is 3.40. The maximum atomic E-state index is 9.93. The first-order chi connectivity index (χ1) is 5.13. The van der Waals surface area contributed by atoms with Gasteiger partial charge in [-0.3, -0.25) is 0 Å². The summed E-state index contributed by atoms with van der Waals surface area (Å²) >= 11 is 0. The van der Waals surface area contributed by atoms with Gasteiger partial charge in [-0.1, -0.05) is 0 Å². The van der Waals surface area contributed by atoms with Crippen LogP contribution < -0.4 is 0 Å². The van der Waals surface area contributed by atoms with Crippen molar-refractivity contribution in [2.24, 2.45) is 0 Å². The summed E-state index contributed by atoms with van der Waals surface area (Å²) < 4.78 is 9.93. The Balaban J connectivity index is 4.60. The Morgan fingerprint density at radius 1 is 1.73 bits per heavy atom. The van der Waals surface area contributed by atoms with Crippen molar-refractivity contribution in [2.75, 3.05) is 6.61 Å². The van der Waals surface area contributed by atoms with Crippen molar-refractivity contribution in [3.8, 4) is 5.63 Å². The van der Waals surface area contributed by atoms with Crippen LogP contribution in [0.2, 0.25) is 0 Å². The summed E-state index contributed by atoms with van der Waals surface area (Å²) in [5, 5.41) is 26.2. The fourth-order valence-corrected chi connectivity index (χ4v) is 0.714. The van der Waals surface area contributed by atoms with Crippen molar-refractivity contribution in [1.82, 2.24) is 0 Å². The van der Waals surface area contributed by atoms with Crippen molar-refractivity contribution in [3.05, 3.63) is 11.3 Å². The van der Waals surface area contributed by atoms with Gasteiger partial charge in [-0.25, -0.2) is 0 Å². The summed E-state index contributed by atoms with van der Waals surface area (Å²) in [5.74, 6) is -0.407. The van der Waals surface area contributed by atoms with Crippen LogP contribution in [0.4, 0.5) is 0 Å². The van der Waals surface area contributed by atoms with Gasteiger partial charge in [0.15, 0.2) is 0 Å². The van der Waals surface area contributed by atoms with Gasteiger partial charge in [0.1, 0.15) is 0 Å². The van der Waals surface area contributed by atoms with Gasteiger partial charge < -0.3 is 0 Å². The molecule has 62 valence electrons. The number of aliphatic hydroxyl groups excluding tert-OH is 3. The molecule has 0 fully saturated rings. The summed E-state index contributed by atoms with van der Waals surface area (Å²) in [4.78, 5) is 0. The zero-order valence-corrected chi connectivity index (χ0v) is 6.88. The van der Waals surface area contributed by atoms with E-state index < -0.39 is 18.5 Å². The van der Waals surface area contributed by atoms with Crippen LogP contribution in [0.15, 0.2) is 11.3 Å². The minimum absolute atomic E-state index is 0.170. The van der Waals surface area contributed by atoms with Crippen molar-refractivity contribution in [3.63, 3.8) is 0 Å². The van der Waals surface area contributed by atoms with Crippen molar-refractivity contribution >= 4 is 7.92 Å². The van der Waals surface area contributed by atoms with Gasteiger partial charge in [-0.2, -0.15) is 0 Å². The van der Waals surface area contributed by atoms with Crippen LogP contribution in [0.3, 0.4) is 0 Å². The normalized spacial score (nSPS) is 14.8. The molecule has 0 radical (unpaired) electrons. The standard InChI is InChI=1S/C6H9O4P/c1-4(3-11-10)6(9)5(8)2-7/h5,7-9H,2H2,1H3. The molecule has 0 aliphatic carbocycles. The molecule has 1 unspecified atom stereocenters. The fraction of sp³-hybridized carbons (Fsp3) is 0.500. The molecule has 0 aromatic rings. The van der Waals surface area contributed by atoms with E-state index in [1.54, 1.807) is 0 Å². The fourth-order valence-electron chi connectivity index (χ4n) is 0.462. The molecule has 0 amide bonds. The summed E-state index contributed by atoms with van der Waals surface area (Å²) in [6, 6.07) is 0. The predicted octanol–water partition coefficient (Wildman–Crippen LogP) is 0.422. The third-order valence-electron chi connectivity index (χ3n) is 1.09. The second kappa shape index (κ2) is 5.16. The molecule has 0 aliphatic rings. The Bertz CT molecular complexity index is 251. The zero-order chi connectivity index (χ0) is 8.85. The van der Waals surface area contributed by atoms with Crippen LogP contribution in [0.25, 0.3) is 0 Å². The average Bonchev–Trinajstić information content (AvgIpc) is 2.02. The molecule has 4 nitrogen and oxygen atoms in total. The van der Waals surface area contributed by atoms with Gasteiger partial charge in [-0.15, -0.1) is 0 Å². The molecule has 3 N–H and O–H groups in total. The first-order valence-corrected chi connectivity index (χ1v) is 3.71. The Morgan fingerprint density at radius 2 is 2.27 bits per heavy atom. The summed E-state index contributed by atoms with van der Waals surface area (Å²) in [5.41, 5.74) is 2.41. The van der Waals surface area contributed by atoms with E-state index in [0.717, 1.165) is 0 Å². The number of hydrogen-bond acceptors (Lipinski definition) is 4. The molecule has 0 bridgehead atoms. The van der Waals surface area contributed by atoms with Crippen LogP contribution in [0, 0.1) is 5.63 Å². The second-order valence-electron chi connectivity index (χ2n) is 1.91. The van der Waals surface area contributed by atoms with Crippen molar-refractivity contribution < 1.29 is 19.9 Å². The van der Waals surface area contributed by atoms with Gasteiger partial charge in [0.05, 0.1) is 0 Å². The molecule has 0 aromatic carbocycles. The summed E-state index contributed by atoms with van der Waals surface area (Å²) in [6.45, 7) is 0.861. The topological polar surface area (TPSA) is 77.8 Å². The Labute approximate surface area is 65.3 Å². The third-order valence-corrected chi connectivity index (χ3v) is 1.51. The van der Waals surface area contributed by atoms with Crippen molar-refractivity contribution in [2.45, 2.75) is 13.0 Å². The van der Waals surface area contributed by atoms with E-state index in [1.165, 1.54) is 6.92 Å². The van der Waals surface area contributed by atoms with Crippen molar-refractivity contribution in [1.29, 1.82) is 0 Å². The van der Waals surface area contributed by atoms with E-state index in [4.69, 9.17) is 15.3 Å².